The summed E-state index contributed by atoms with van der Waals surface area (Å²) in [7, 11) is 0. The molecule has 5 nitrogen and oxygen atoms in total. The van der Waals surface area contributed by atoms with Crippen LogP contribution in [0.15, 0.2) is 41.1 Å². The van der Waals surface area contributed by atoms with Crippen LogP contribution in [0.3, 0.4) is 0 Å². The molecular formula is C20H22N2O3S2. The van der Waals surface area contributed by atoms with Crippen LogP contribution in [0.25, 0.3) is 0 Å². The van der Waals surface area contributed by atoms with Crippen molar-refractivity contribution >= 4 is 34.6 Å². The summed E-state index contributed by atoms with van der Waals surface area (Å²) in [6.07, 6.45) is -0.849. The van der Waals surface area contributed by atoms with E-state index in [1.807, 2.05) is 48.9 Å². The molecule has 0 fully saturated rings. The van der Waals surface area contributed by atoms with E-state index in [4.69, 9.17) is 4.74 Å². The maximum atomic E-state index is 12.6. The number of aromatic nitrogens is 1. The van der Waals surface area contributed by atoms with Crippen LogP contribution in [-0.2, 0) is 22.6 Å². The van der Waals surface area contributed by atoms with Crippen LogP contribution in [0.4, 0.5) is 0 Å². The molecule has 0 bridgehead atoms. The van der Waals surface area contributed by atoms with E-state index in [2.05, 4.69) is 16.0 Å². The minimum atomic E-state index is -0.849. The molecule has 0 unspecified atom stereocenters. The molecule has 0 radical (unpaired) electrons. The van der Waals surface area contributed by atoms with Crippen molar-refractivity contribution in [3.05, 3.63) is 67.8 Å². The van der Waals surface area contributed by atoms with Gasteiger partial charge in [0, 0.05) is 21.1 Å². The Morgan fingerprint density at radius 1 is 1.15 bits per heavy atom. The van der Waals surface area contributed by atoms with E-state index in [1.54, 1.807) is 29.6 Å². The monoisotopic (exact) mass is 402 g/mol. The molecule has 3 heterocycles. The first-order valence-corrected chi connectivity index (χ1v) is 10.4. The van der Waals surface area contributed by atoms with E-state index in [9.17, 15) is 9.59 Å². The Labute approximate surface area is 166 Å². The molecule has 0 saturated carbocycles. The highest BCUT2D eigenvalue weighted by molar-refractivity contribution is 7.10. The van der Waals surface area contributed by atoms with Crippen LogP contribution in [0.2, 0.25) is 0 Å². The molecule has 7 heteroatoms. The lowest BCUT2D eigenvalue weighted by Gasteiger charge is -2.13. The molecule has 3 aromatic rings. The Bertz CT molecular complexity index is 912. The van der Waals surface area contributed by atoms with E-state index in [1.165, 1.54) is 4.88 Å². The van der Waals surface area contributed by atoms with Crippen molar-refractivity contribution in [3.63, 3.8) is 0 Å². The fourth-order valence-corrected chi connectivity index (χ4v) is 4.16. The van der Waals surface area contributed by atoms with Gasteiger partial charge in [0.15, 0.2) is 6.10 Å². The summed E-state index contributed by atoms with van der Waals surface area (Å²) in [5, 5.41) is 6.79. The lowest BCUT2D eigenvalue weighted by molar-refractivity contribution is -0.129. The van der Waals surface area contributed by atoms with Gasteiger partial charge in [-0.3, -0.25) is 4.79 Å². The number of aryl methyl sites for hydroxylation is 1. The van der Waals surface area contributed by atoms with Crippen LogP contribution >= 0.6 is 22.7 Å². The molecule has 142 valence electrons. The summed E-state index contributed by atoms with van der Waals surface area (Å²) in [5.41, 5.74) is 2.33. The Morgan fingerprint density at radius 2 is 1.81 bits per heavy atom. The van der Waals surface area contributed by atoms with Gasteiger partial charge >= 0.3 is 5.97 Å². The molecule has 0 aliphatic heterocycles. The van der Waals surface area contributed by atoms with Crippen LogP contribution in [0, 0.1) is 13.8 Å². The molecular weight excluding hydrogens is 380 g/mol. The van der Waals surface area contributed by atoms with E-state index in [0.717, 1.165) is 22.8 Å². The van der Waals surface area contributed by atoms with Gasteiger partial charge in [-0.05, 0) is 49.7 Å². The van der Waals surface area contributed by atoms with E-state index >= 15 is 0 Å². The summed E-state index contributed by atoms with van der Waals surface area (Å²) in [6.45, 7) is 6.62. The summed E-state index contributed by atoms with van der Waals surface area (Å²) in [4.78, 5) is 27.0. The highest BCUT2D eigenvalue weighted by Gasteiger charge is 2.22. The first-order chi connectivity index (χ1) is 13.0. The molecule has 0 saturated heterocycles. The van der Waals surface area contributed by atoms with Gasteiger partial charge in [-0.2, -0.15) is 0 Å². The molecule has 1 amide bonds. The zero-order chi connectivity index (χ0) is 19.4. The van der Waals surface area contributed by atoms with E-state index < -0.39 is 12.1 Å². The number of rotatable bonds is 7. The molecule has 0 aliphatic carbocycles. The number of nitrogens with one attached hydrogen (secondary N) is 1. The van der Waals surface area contributed by atoms with Gasteiger partial charge in [-0.25, -0.2) is 4.79 Å². The predicted octanol–water partition coefficient (Wildman–Crippen LogP) is 4.14. The Kier molecular flexibility index (Phi) is 6.13. The van der Waals surface area contributed by atoms with Gasteiger partial charge in [-0.1, -0.05) is 12.1 Å². The van der Waals surface area contributed by atoms with Crippen LogP contribution in [0.5, 0.6) is 0 Å². The van der Waals surface area contributed by atoms with Crippen molar-refractivity contribution < 1.29 is 14.3 Å². The number of thiophene rings is 2. The number of nitrogens with zero attached hydrogens (tertiary/aromatic N) is 1. The maximum absolute atomic E-state index is 12.6. The summed E-state index contributed by atoms with van der Waals surface area (Å²) < 4.78 is 7.48. The summed E-state index contributed by atoms with van der Waals surface area (Å²) in [5.74, 6) is -0.775. The third kappa shape index (κ3) is 4.67. The smallest absolute Gasteiger partial charge is 0.340 e. The molecule has 0 aliphatic rings. The number of hydrogen-bond acceptors (Lipinski definition) is 5. The third-order valence-corrected chi connectivity index (χ3v) is 6.10. The van der Waals surface area contributed by atoms with E-state index in [-0.39, 0.29) is 5.91 Å². The zero-order valence-electron chi connectivity index (χ0n) is 15.5. The average Bonchev–Trinajstić information content (AvgIpc) is 3.38. The van der Waals surface area contributed by atoms with Gasteiger partial charge < -0.3 is 14.6 Å². The lowest BCUT2D eigenvalue weighted by Crippen LogP contribution is -2.35. The molecule has 0 spiro atoms. The maximum Gasteiger partial charge on any atom is 0.340 e. The molecule has 3 rings (SSSR count). The van der Waals surface area contributed by atoms with Crippen molar-refractivity contribution in [2.45, 2.75) is 40.0 Å². The fraction of sp³-hybridized carbons (Fsp3) is 0.300. The highest BCUT2D eigenvalue weighted by Crippen LogP contribution is 2.20. The first kappa shape index (κ1) is 19.4. The van der Waals surface area contributed by atoms with Crippen LogP contribution < -0.4 is 5.32 Å². The number of ether oxygens (including phenoxy) is 1. The van der Waals surface area contributed by atoms with Crippen LogP contribution in [-0.4, -0.2) is 22.5 Å². The third-order valence-electron chi connectivity index (χ3n) is 4.36. The molecule has 27 heavy (non-hydrogen) atoms. The normalized spacial score (nSPS) is 12.0. The Morgan fingerprint density at radius 3 is 2.44 bits per heavy atom. The fourth-order valence-electron chi connectivity index (χ4n) is 2.82. The number of amides is 1. The standard InChI is InChI=1S/C20H22N2O3S2/c1-13-10-18(14(2)22(13)12-17-7-5-9-27-17)20(24)25-15(3)19(23)21-11-16-6-4-8-26-16/h4-10,15H,11-12H2,1-3H3,(H,21,23)/t15-/m0/s1. The van der Waals surface area contributed by atoms with Crippen molar-refractivity contribution in [1.29, 1.82) is 0 Å². The Balaban J connectivity index is 1.62. The number of hydrogen-bond donors (Lipinski definition) is 1. The quantitative estimate of drug-likeness (QED) is 0.604. The number of esters is 1. The SMILES string of the molecule is Cc1cc(C(=O)O[C@@H](C)C(=O)NCc2cccs2)c(C)n1Cc1cccs1. The zero-order valence-corrected chi connectivity index (χ0v) is 17.2. The van der Waals surface area contributed by atoms with Crippen molar-refractivity contribution in [3.8, 4) is 0 Å². The topological polar surface area (TPSA) is 60.3 Å². The second-order valence-electron chi connectivity index (χ2n) is 6.30. The predicted molar refractivity (Wildman–Crippen MR) is 108 cm³/mol. The van der Waals surface area contributed by atoms with E-state index in [0.29, 0.717) is 12.1 Å². The van der Waals surface area contributed by atoms with Gasteiger partial charge in [0.25, 0.3) is 5.91 Å². The summed E-state index contributed by atoms with van der Waals surface area (Å²) in [6, 6.07) is 9.79. The van der Waals surface area contributed by atoms with Crippen LogP contribution in [0.1, 0.15) is 38.4 Å². The van der Waals surface area contributed by atoms with Gasteiger partial charge in [0.05, 0.1) is 18.7 Å². The largest absolute Gasteiger partial charge is 0.449 e. The number of carbonyl (C=O) groups excluding carboxylic acids is 2. The van der Waals surface area contributed by atoms with Crippen molar-refractivity contribution in [2.75, 3.05) is 0 Å². The Hall–Kier alpha value is -2.38. The van der Waals surface area contributed by atoms with Gasteiger partial charge in [-0.15, -0.1) is 22.7 Å². The minimum Gasteiger partial charge on any atom is -0.449 e. The second-order valence-corrected chi connectivity index (χ2v) is 8.36. The molecule has 1 N–H and O–H groups in total. The second kappa shape index (κ2) is 8.54. The van der Waals surface area contributed by atoms with Crippen molar-refractivity contribution in [1.82, 2.24) is 9.88 Å². The minimum absolute atomic E-state index is 0.302. The number of carbonyl (C=O) groups is 2. The molecule has 0 aromatic carbocycles. The van der Waals surface area contributed by atoms with Gasteiger partial charge in [0.2, 0.25) is 0 Å². The lowest BCUT2D eigenvalue weighted by atomic mass is 10.2. The first-order valence-electron chi connectivity index (χ1n) is 8.66. The van der Waals surface area contributed by atoms with Gasteiger partial charge in [0.1, 0.15) is 0 Å². The summed E-state index contributed by atoms with van der Waals surface area (Å²) >= 11 is 3.25. The average molecular weight is 403 g/mol. The van der Waals surface area contributed by atoms with Crippen molar-refractivity contribution in [2.24, 2.45) is 0 Å². The molecule has 3 aromatic heterocycles. The molecule has 1 atom stereocenters. The highest BCUT2D eigenvalue weighted by atomic mass is 32.1.